The summed E-state index contributed by atoms with van der Waals surface area (Å²) >= 11 is 0. The van der Waals surface area contributed by atoms with Crippen LogP contribution in [0.1, 0.15) is 5.76 Å². The Labute approximate surface area is 133 Å². The minimum atomic E-state index is 0.500. The summed E-state index contributed by atoms with van der Waals surface area (Å²) < 4.78 is 7.54. The third-order valence-corrected chi connectivity index (χ3v) is 3.50. The molecule has 0 aliphatic carbocycles. The van der Waals surface area contributed by atoms with Crippen LogP contribution in [0.15, 0.2) is 77.5 Å². The second-order valence-electron chi connectivity index (χ2n) is 5.17. The fourth-order valence-corrected chi connectivity index (χ4v) is 2.37. The molecular weight excluding hydrogens is 288 g/mol. The average molecular weight is 302 g/mol. The molecular formula is C18H14N4O. The van der Waals surface area contributed by atoms with E-state index in [1.54, 1.807) is 10.9 Å². The number of rotatable bonds is 4. The van der Waals surface area contributed by atoms with Gasteiger partial charge in [0, 0.05) is 11.1 Å². The van der Waals surface area contributed by atoms with E-state index in [-0.39, 0.29) is 0 Å². The highest BCUT2D eigenvalue weighted by molar-refractivity contribution is 5.57. The van der Waals surface area contributed by atoms with Gasteiger partial charge in [-0.3, -0.25) is 0 Å². The summed E-state index contributed by atoms with van der Waals surface area (Å²) in [5.41, 5.74) is 2.84. The molecule has 4 aromatic rings. The van der Waals surface area contributed by atoms with Gasteiger partial charge in [-0.15, -0.1) is 5.10 Å². The molecule has 0 aliphatic heterocycles. The summed E-state index contributed by atoms with van der Waals surface area (Å²) in [6.45, 7) is 0.500. The third kappa shape index (κ3) is 2.89. The average Bonchev–Trinajstić information content (AvgIpc) is 3.27. The smallest absolute Gasteiger partial charge is 0.226 e. The topological polar surface area (TPSA) is 56.7 Å². The fourth-order valence-electron chi connectivity index (χ4n) is 2.37. The molecule has 0 amide bonds. The monoisotopic (exact) mass is 302 g/mol. The quantitative estimate of drug-likeness (QED) is 0.577. The molecule has 0 aliphatic rings. The zero-order valence-electron chi connectivity index (χ0n) is 12.3. The highest BCUT2D eigenvalue weighted by Crippen LogP contribution is 2.20. The van der Waals surface area contributed by atoms with Crippen molar-refractivity contribution in [1.82, 2.24) is 20.0 Å². The first-order valence-electron chi connectivity index (χ1n) is 7.34. The summed E-state index contributed by atoms with van der Waals surface area (Å²) in [4.78, 5) is 4.32. The van der Waals surface area contributed by atoms with Crippen LogP contribution in [0.5, 0.6) is 0 Å². The molecule has 2 aromatic carbocycles. The summed E-state index contributed by atoms with van der Waals surface area (Å²) in [7, 11) is 0. The van der Waals surface area contributed by atoms with Gasteiger partial charge in [-0.2, -0.15) is 0 Å². The van der Waals surface area contributed by atoms with Gasteiger partial charge in [0.1, 0.15) is 18.0 Å². The Balaban J connectivity index is 1.53. The molecule has 0 saturated heterocycles. The van der Waals surface area contributed by atoms with Crippen molar-refractivity contribution in [3.8, 4) is 22.7 Å². The van der Waals surface area contributed by atoms with Gasteiger partial charge in [-0.25, -0.2) is 9.67 Å². The minimum Gasteiger partial charge on any atom is -0.439 e. The van der Waals surface area contributed by atoms with Crippen molar-refractivity contribution in [1.29, 1.82) is 0 Å². The van der Waals surface area contributed by atoms with Crippen molar-refractivity contribution in [2.24, 2.45) is 0 Å². The van der Waals surface area contributed by atoms with Crippen molar-refractivity contribution in [3.05, 3.63) is 78.8 Å². The molecule has 23 heavy (non-hydrogen) atoms. The molecule has 0 saturated carbocycles. The minimum absolute atomic E-state index is 0.500. The molecule has 0 atom stereocenters. The van der Waals surface area contributed by atoms with Gasteiger partial charge in [-0.1, -0.05) is 53.7 Å². The maximum atomic E-state index is 5.79. The number of hydrogen-bond donors (Lipinski definition) is 0. The van der Waals surface area contributed by atoms with Crippen LogP contribution in [0.2, 0.25) is 0 Å². The summed E-state index contributed by atoms with van der Waals surface area (Å²) in [5, 5.41) is 8.35. The van der Waals surface area contributed by atoms with E-state index < -0.39 is 0 Å². The Kier molecular flexibility index (Phi) is 3.44. The number of benzene rings is 2. The van der Waals surface area contributed by atoms with Gasteiger partial charge in [0.25, 0.3) is 0 Å². The largest absolute Gasteiger partial charge is 0.439 e. The van der Waals surface area contributed by atoms with E-state index >= 15 is 0 Å². The van der Waals surface area contributed by atoms with Crippen molar-refractivity contribution < 1.29 is 4.42 Å². The van der Waals surface area contributed by atoms with E-state index in [0.717, 1.165) is 22.6 Å². The molecule has 0 spiro atoms. The first-order valence-corrected chi connectivity index (χ1v) is 7.34. The van der Waals surface area contributed by atoms with Crippen molar-refractivity contribution >= 4 is 0 Å². The first kappa shape index (κ1) is 13.5. The predicted molar refractivity (Wildman–Crippen MR) is 86.5 cm³/mol. The second kappa shape index (κ2) is 5.88. The van der Waals surface area contributed by atoms with E-state index in [1.807, 2.05) is 66.9 Å². The van der Waals surface area contributed by atoms with Gasteiger partial charge in [0.15, 0.2) is 0 Å². The molecule has 5 nitrogen and oxygen atoms in total. The standard InChI is InChI=1S/C18H14N4O/c1-3-7-14(8-4-1)17-13-22(21-20-17)12-16-11-19-18(23-16)15-9-5-2-6-10-15/h1-11,13H,12H2. The highest BCUT2D eigenvalue weighted by Gasteiger charge is 2.09. The maximum absolute atomic E-state index is 5.79. The SMILES string of the molecule is c1ccc(-c2cn(Cc3cnc(-c4ccccc4)o3)nn2)cc1. The van der Waals surface area contributed by atoms with Gasteiger partial charge in [-0.05, 0) is 12.1 Å². The number of hydrogen-bond acceptors (Lipinski definition) is 4. The van der Waals surface area contributed by atoms with Crippen molar-refractivity contribution in [3.63, 3.8) is 0 Å². The lowest BCUT2D eigenvalue weighted by Gasteiger charge is -1.96. The van der Waals surface area contributed by atoms with Crippen LogP contribution in [0.4, 0.5) is 0 Å². The van der Waals surface area contributed by atoms with E-state index in [0.29, 0.717) is 12.4 Å². The Morgan fingerprint density at radius 3 is 2.30 bits per heavy atom. The van der Waals surface area contributed by atoms with E-state index in [1.165, 1.54) is 0 Å². The van der Waals surface area contributed by atoms with E-state index in [4.69, 9.17) is 4.42 Å². The Morgan fingerprint density at radius 2 is 1.57 bits per heavy atom. The molecule has 4 rings (SSSR count). The first-order chi connectivity index (χ1) is 11.4. The fraction of sp³-hybridized carbons (Fsp3) is 0.0556. The summed E-state index contributed by atoms with van der Waals surface area (Å²) in [6, 6.07) is 19.8. The van der Waals surface area contributed by atoms with Gasteiger partial charge in [0.05, 0.1) is 12.4 Å². The van der Waals surface area contributed by atoms with Crippen LogP contribution < -0.4 is 0 Å². The predicted octanol–water partition coefficient (Wildman–Crippen LogP) is 3.65. The molecule has 0 bridgehead atoms. The molecule has 5 heteroatoms. The van der Waals surface area contributed by atoms with Crippen molar-refractivity contribution in [2.75, 3.05) is 0 Å². The lowest BCUT2D eigenvalue weighted by molar-refractivity contribution is 0.482. The lowest BCUT2D eigenvalue weighted by Crippen LogP contribution is -1.98. The Hall–Kier alpha value is -3.21. The van der Waals surface area contributed by atoms with Crippen LogP contribution in [0.25, 0.3) is 22.7 Å². The molecule has 2 heterocycles. The van der Waals surface area contributed by atoms with E-state index in [2.05, 4.69) is 15.3 Å². The Morgan fingerprint density at radius 1 is 0.870 bits per heavy atom. The summed E-state index contributed by atoms with van der Waals surface area (Å²) in [5.74, 6) is 1.36. The number of nitrogens with zero attached hydrogens (tertiary/aromatic N) is 4. The van der Waals surface area contributed by atoms with Gasteiger partial charge < -0.3 is 4.42 Å². The highest BCUT2D eigenvalue weighted by atomic mass is 16.4. The van der Waals surface area contributed by atoms with Crippen molar-refractivity contribution in [2.45, 2.75) is 6.54 Å². The normalized spacial score (nSPS) is 10.8. The Bertz CT molecular complexity index is 821. The molecule has 0 radical (unpaired) electrons. The molecule has 112 valence electrons. The van der Waals surface area contributed by atoms with Crippen LogP contribution in [-0.4, -0.2) is 20.0 Å². The third-order valence-electron chi connectivity index (χ3n) is 3.50. The van der Waals surface area contributed by atoms with Crippen LogP contribution >= 0.6 is 0 Å². The number of aromatic nitrogens is 4. The van der Waals surface area contributed by atoms with E-state index in [9.17, 15) is 0 Å². The summed E-state index contributed by atoms with van der Waals surface area (Å²) in [6.07, 6.45) is 3.63. The maximum Gasteiger partial charge on any atom is 0.226 e. The lowest BCUT2D eigenvalue weighted by atomic mass is 10.2. The molecule has 2 aromatic heterocycles. The number of oxazole rings is 1. The molecule has 0 N–H and O–H groups in total. The zero-order valence-corrected chi connectivity index (χ0v) is 12.3. The molecule has 0 unspecified atom stereocenters. The van der Waals surface area contributed by atoms with Gasteiger partial charge in [0.2, 0.25) is 5.89 Å². The second-order valence-corrected chi connectivity index (χ2v) is 5.17. The molecule has 0 fully saturated rings. The van der Waals surface area contributed by atoms with Crippen LogP contribution in [-0.2, 0) is 6.54 Å². The zero-order chi connectivity index (χ0) is 15.5. The van der Waals surface area contributed by atoms with Crippen LogP contribution in [0, 0.1) is 0 Å². The van der Waals surface area contributed by atoms with Gasteiger partial charge >= 0.3 is 0 Å². The van der Waals surface area contributed by atoms with Crippen LogP contribution in [0.3, 0.4) is 0 Å².